The van der Waals surface area contributed by atoms with Crippen LogP contribution in [0.15, 0.2) is 18.3 Å². The molecular formula is C20H27N3O3. The summed E-state index contributed by atoms with van der Waals surface area (Å²) in [5.74, 6) is 1.50. The Morgan fingerprint density at radius 2 is 2.19 bits per heavy atom. The van der Waals surface area contributed by atoms with Crippen molar-refractivity contribution in [3.8, 4) is 5.88 Å². The summed E-state index contributed by atoms with van der Waals surface area (Å²) in [7, 11) is 1.56. The second kappa shape index (κ2) is 6.89. The zero-order valence-electron chi connectivity index (χ0n) is 15.4. The number of aromatic nitrogens is 1. The molecule has 6 heteroatoms. The molecule has 3 aliphatic rings. The highest BCUT2D eigenvalue weighted by Crippen LogP contribution is 2.41. The Bertz CT molecular complexity index is 703. The number of rotatable bonds is 4. The molecule has 0 aromatic carbocycles. The number of hydrogen-bond donors (Lipinski definition) is 0. The molecule has 4 rings (SSSR count). The van der Waals surface area contributed by atoms with Crippen molar-refractivity contribution in [3.63, 3.8) is 0 Å². The first-order chi connectivity index (χ1) is 12.6. The minimum absolute atomic E-state index is 0.0374. The van der Waals surface area contributed by atoms with Gasteiger partial charge in [0.15, 0.2) is 0 Å². The maximum Gasteiger partial charge on any atom is 0.254 e. The first kappa shape index (κ1) is 17.3. The molecule has 0 N–H and O–H groups in total. The monoisotopic (exact) mass is 357 g/mol. The van der Waals surface area contributed by atoms with Crippen molar-refractivity contribution < 1.29 is 14.3 Å². The summed E-state index contributed by atoms with van der Waals surface area (Å²) in [6.07, 6.45) is 7.75. The number of ether oxygens (including phenoxy) is 1. The van der Waals surface area contributed by atoms with Crippen LogP contribution in [0.4, 0.5) is 0 Å². The summed E-state index contributed by atoms with van der Waals surface area (Å²) < 4.78 is 5.14. The normalized spacial score (nSPS) is 26.3. The lowest BCUT2D eigenvalue weighted by atomic mass is 9.73. The van der Waals surface area contributed by atoms with Gasteiger partial charge >= 0.3 is 0 Å². The highest BCUT2D eigenvalue weighted by Gasteiger charge is 2.43. The van der Waals surface area contributed by atoms with Gasteiger partial charge < -0.3 is 14.5 Å². The molecule has 1 aromatic heterocycles. The first-order valence-electron chi connectivity index (χ1n) is 9.66. The molecule has 26 heavy (non-hydrogen) atoms. The van der Waals surface area contributed by atoms with Crippen molar-refractivity contribution in [2.75, 3.05) is 33.3 Å². The lowest BCUT2D eigenvalue weighted by Gasteiger charge is -2.48. The number of amides is 2. The number of hydrogen-bond acceptors (Lipinski definition) is 4. The van der Waals surface area contributed by atoms with E-state index in [1.165, 1.54) is 12.8 Å². The predicted molar refractivity (Wildman–Crippen MR) is 96.9 cm³/mol. The largest absolute Gasteiger partial charge is 0.481 e. The van der Waals surface area contributed by atoms with Crippen LogP contribution in [0.25, 0.3) is 0 Å². The molecule has 1 saturated carbocycles. The molecule has 0 unspecified atom stereocenters. The fourth-order valence-electron chi connectivity index (χ4n) is 4.43. The van der Waals surface area contributed by atoms with Crippen LogP contribution in [-0.2, 0) is 4.79 Å². The summed E-state index contributed by atoms with van der Waals surface area (Å²) >= 11 is 0. The average molecular weight is 357 g/mol. The number of pyridine rings is 1. The zero-order valence-corrected chi connectivity index (χ0v) is 15.4. The molecule has 2 aliphatic heterocycles. The molecule has 3 fully saturated rings. The Morgan fingerprint density at radius 3 is 2.96 bits per heavy atom. The highest BCUT2D eigenvalue weighted by molar-refractivity contribution is 5.94. The molecule has 0 radical (unpaired) electrons. The van der Waals surface area contributed by atoms with Gasteiger partial charge in [0.25, 0.3) is 5.91 Å². The van der Waals surface area contributed by atoms with E-state index in [1.807, 2.05) is 4.90 Å². The van der Waals surface area contributed by atoms with Gasteiger partial charge in [0.2, 0.25) is 11.8 Å². The van der Waals surface area contributed by atoms with Gasteiger partial charge in [0.05, 0.1) is 7.11 Å². The molecule has 2 saturated heterocycles. The maximum atomic E-state index is 13.0. The van der Waals surface area contributed by atoms with Crippen molar-refractivity contribution >= 4 is 11.8 Å². The summed E-state index contributed by atoms with van der Waals surface area (Å²) in [5.41, 5.74) is 0.684. The van der Waals surface area contributed by atoms with Crippen LogP contribution < -0.4 is 4.74 Å². The Morgan fingerprint density at radius 1 is 1.35 bits per heavy atom. The SMILES string of the molecule is COc1cc(C(=O)N2CCC[C@@]3(CCC(=O)N(CC4CC4)C3)C2)ccn1. The molecule has 2 amide bonds. The van der Waals surface area contributed by atoms with Crippen LogP contribution in [0.5, 0.6) is 5.88 Å². The summed E-state index contributed by atoms with van der Waals surface area (Å²) in [4.78, 5) is 33.4. The van der Waals surface area contributed by atoms with E-state index in [0.717, 1.165) is 45.4 Å². The van der Waals surface area contributed by atoms with Crippen molar-refractivity contribution in [2.24, 2.45) is 11.3 Å². The van der Waals surface area contributed by atoms with Gasteiger partial charge in [-0.15, -0.1) is 0 Å². The maximum absolute atomic E-state index is 13.0. The molecule has 0 bridgehead atoms. The Balaban J connectivity index is 1.47. The third-order valence-electron chi connectivity index (χ3n) is 6.06. The van der Waals surface area contributed by atoms with Gasteiger partial charge in [-0.05, 0) is 44.1 Å². The smallest absolute Gasteiger partial charge is 0.254 e. The number of carbonyl (C=O) groups is 2. The number of piperidine rings is 2. The van der Waals surface area contributed by atoms with E-state index in [9.17, 15) is 9.59 Å². The summed E-state index contributed by atoms with van der Waals surface area (Å²) in [6, 6.07) is 3.45. The van der Waals surface area contributed by atoms with Crippen molar-refractivity contribution in [2.45, 2.75) is 38.5 Å². The molecule has 3 heterocycles. The second-order valence-electron chi connectivity index (χ2n) is 8.13. The quantitative estimate of drug-likeness (QED) is 0.830. The van der Waals surface area contributed by atoms with Gasteiger partial charge in [0, 0.05) is 55.8 Å². The molecule has 1 atom stereocenters. The standard InChI is InChI=1S/C20H27N3O3/c1-26-17-11-16(6-9-21-17)19(25)22-10-2-7-20(13-22)8-5-18(24)23(14-20)12-15-3-4-15/h6,9,11,15H,2-5,7-8,10,12-14H2,1H3/t20-/m1/s1. The number of likely N-dealkylation sites (tertiary alicyclic amines) is 2. The van der Waals surface area contributed by atoms with Crippen LogP contribution in [0.2, 0.25) is 0 Å². The fourth-order valence-corrected chi connectivity index (χ4v) is 4.43. The average Bonchev–Trinajstić information content (AvgIpc) is 3.48. The molecule has 140 valence electrons. The van der Waals surface area contributed by atoms with Crippen molar-refractivity contribution in [1.82, 2.24) is 14.8 Å². The minimum Gasteiger partial charge on any atom is -0.481 e. The number of methoxy groups -OCH3 is 1. The van der Waals surface area contributed by atoms with E-state index in [-0.39, 0.29) is 11.3 Å². The van der Waals surface area contributed by atoms with Crippen LogP contribution in [0, 0.1) is 11.3 Å². The molecule has 6 nitrogen and oxygen atoms in total. The van der Waals surface area contributed by atoms with E-state index in [1.54, 1.807) is 25.4 Å². The third-order valence-corrected chi connectivity index (χ3v) is 6.06. The van der Waals surface area contributed by atoms with Gasteiger partial charge in [-0.1, -0.05) is 0 Å². The first-order valence-corrected chi connectivity index (χ1v) is 9.66. The Kier molecular flexibility index (Phi) is 4.59. The molecule has 1 aromatic rings. The third kappa shape index (κ3) is 3.55. The van der Waals surface area contributed by atoms with Gasteiger partial charge in [-0.2, -0.15) is 0 Å². The van der Waals surface area contributed by atoms with Crippen LogP contribution >= 0.6 is 0 Å². The zero-order chi connectivity index (χ0) is 18.1. The van der Waals surface area contributed by atoms with Crippen molar-refractivity contribution in [3.05, 3.63) is 23.9 Å². The van der Waals surface area contributed by atoms with E-state index < -0.39 is 0 Å². The Labute approximate surface area is 154 Å². The Hall–Kier alpha value is -2.11. The molecule has 1 spiro atoms. The van der Waals surface area contributed by atoms with Crippen LogP contribution in [0.1, 0.15) is 48.9 Å². The lowest BCUT2D eigenvalue weighted by Crippen LogP contribution is -2.55. The fraction of sp³-hybridized carbons (Fsp3) is 0.650. The minimum atomic E-state index is 0.0374. The van der Waals surface area contributed by atoms with E-state index in [2.05, 4.69) is 9.88 Å². The van der Waals surface area contributed by atoms with E-state index >= 15 is 0 Å². The second-order valence-corrected chi connectivity index (χ2v) is 8.13. The highest BCUT2D eigenvalue weighted by atomic mass is 16.5. The number of carbonyl (C=O) groups excluding carboxylic acids is 2. The number of nitrogens with zero attached hydrogens (tertiary/aromatic N) is 3. The topological polar surface area (TPSA) is 62.7 Å². The van der Waals surface area contributed by atoms with E-state index in [4.69, 9.17) is 4.74 Å². The predicted octanol–water partition coefficient (Wildman–Crippen LogP) is 2.35. The van der Waals surface area contributed by atoms with Crippen LogP contribution in [0.3, 0.4) is 0 Å². The van der Waals surface area contributed by atoms with Crippen LogP contribution in [-0.4, -0.2) is 59.9 Å². The molecule has 1 aliphatic carbocycles. The van der Waals surface area contributed by atoms with Gasteiger partial charge in [-0.25, -0.2) is 4.98 Å². The van der Waals surface area contributed by atoms with Gasteiger partial charge in [-0.3, -0.25) is 9.59 Å². The van der Waals surface area contributed by atoms with E-state index in [0.29, 0.717) is 29.7 Å². The van der Waals surface area contributed by atoms with Crippen molar-refractivity contribution in [1.29, 1.82) is 0 Å². The summed E-state index contributed by atoms with van der Waals surface area (Å²) in [6.45, 7) is 3.24. The lowest BCUT2D eigenvalue weighted by molar-refractivity contribution is -0.139. The van der Waals surface area contributed by atoms with Gasteiger partial charge in [0.1, 0.15) is 0 Å². The molecular weight excluding hydrogens is 330 g/mol. The summed E-state index contributed by atoms with van der Waals surface area (Å²) in [5, 5.41) is 0.